The molecule has 0 spiro atoms. The summed E-state index contributed by atoms with van der Waals surface area (Å²) in [6.07, 6.45) is 1.73. The zero-order valence-corrected chi connectivity index (χ0v) is 14.3. The summed E-state index contributed by atoms with van der Waals surface area (Å²) in [5, 5.41) is 12.8. The molecule has 2 N–H and O–H groups in total. The molecule has 0 saturated carbocycles. The Morgan fingerprint density at radius 1 is 1.18 bits per heavy atom. The Labute approximate surface area is 145 Å². The van der Waals surface area contributed by atoms with E-state index < -0.39 is 0 Å². The van der Waals surface area contributed by atoms with Crippen LogP contribution >= 0.6 is 34.4 Å². The number of aliphatic imine (C=N–C) groups is 1. The van der Waals surface area contributed by atoms with Gasteiger partial charge in [0.05, 0.1) is 10.6 Å². The third-order valence-electron chi connectivity index (χ3n) is 2.88. The van der Waals surface area contributed by atoms with E-state index in [2.05, 4.69) is 32.9 Å². The van der Waals surface area contributed by atoms with Gasteiger partial charge in [-0.2, -0.15) is 0 Å². The maximum Gasteiger partial charge on any atom is 0.264 e. The van der Waals surface area contributed by atoms with Gasteiger partial charge in [0, 0.05) is 3.57 Å². The van der Waals surface area contributed by atoms with Crippen molar-refractivity contribution < 1.29 is 9.90 Å². The highest BCUT2D eigenvalue weighted by Crippen LogP contribution is 2.28. The molecule has 110 valence electrons. The summed E-state index contributed by atoms with van der Waals surface area (Å²) in [5.41, 5.74) is 1.56. The van der Waals surface area contributed by atoms with Gasteiger partial charge in [0.15, 0.2) is 5.17 Å². The molecule has 1 heterocycles. The fourth-order valence-corrected chi connectivity index (χ4v) is 3.08. The Morgan fingerprint density at radius 3 is 2.68 bits per heavy atom. The molecule has 1 aliphatic heterocycles. The summed E-state index contributed by atoms with van der Waals surface area (Å²) in [4.78, 5) is 16.9. The molecule has 22 heavy (non-hydrogen) atoms. The number of carbonyl (C=O) groups excluding carboxylic acids is 1. The van der Waals surface area contributed by atoms with E-state index in [4.69, 9.17) is 0 Å². The molecule has 0 radical (unpaired) electrons. The number of hydrogen-bond acceptors (Lipinski definition) is 4. The lowest BCUT2D eigenvalue weighted by Gasteiger charge is -1.96. The topological polar surface area (TPSA) is 61.7 Å². The summed E-state index contributed by atoms with van der Waals surface area (Å²) in [5.74, 6) is -0.0110. The van der Waals surface area contributed by atoms with Gasteiger partial charge in [-0.1, -0.05) is 12.1 Å². The van der Waals surface area contributed by atoms with Crippen LogP contribution < -0.4 is 5.32 Å². The molecule has 2 aromatic rings. The minimum absolute atomic E-state index is 0.172. The van der Waals surface area contributed by atoms with Crippen LogP contribution in [0.2, 0.25) is 0 Å². The van der Waals surface area contributed by atoms with Crippen molar-refractivity contribution in [2.75, 3.05) is 0 Å². The van der Waals surface area contributed by atoms with Crippen LogP contribution in [0.1, 0.15) is 5.56 Å². The number of benzene rings is 2. The van der Waals surface area contributed by atoms with Crippen LogP contribution in [-0.4, -0.2) is 16.2 Å². The number of rotatable bonds is 2. The van der Waals surface area contributed by atoms with Gasteiger partial charge in [0.25, 0.3) is 5.91 Å². The predicted octanol–water partition coefficient (Wildman–Crippen LogP) is 3.89. The van der Waals surface area contributed by atoms with Crippen molar-refractivity contribution in [3.05, 3.63) is 62.6 Å². The first-order valence-corrected chi connectivity index (χ1v) is 8.34. The van der Waals surface area contributed by atoms with Crippen molar-refractivity contribution in [1.29, 1.82) is 0 Å². The van der Waals surface area contributed by atoms with Gasteiger partial charge in [0.1, 0.15) is 5.75 Å². The van der Waals surface area contributed by atoms with E-state index in [-0.39, 0.29) is 11.7 Å². The number of nitrogens with one attached hydrogen (secondary N) is 1. The standard InChI is InChI=1S/C16H11IN2O2S/c17-11-4-6-12(7-5-11)18-16-19-15(21)14(22-16)9-10-2-1-3-13(20)8-10/h1-9,20H,(H,18,19,21)/b14-9+. The maximum atomic E-state index is 12.0. The molecule has 3 rings (SSSR count). The lowest BCUT2D eigenvalue weighted by molar-refractivity contribution is -0.115. The van der Waals surface area contributed by atoms with E-state index >= 15 is 0 Å². The minimum Gasteiger partial charge on any atom is -0.508 e. The quantitative estimate of drug-likeness (QED) is 0.571. The van der Waals surface area contributed by atoms with Gasteiger partial charge < -0.3 is 10.4 Å². The van der Waals surface area contributed by atoms with E-state index in [0.29, 0.717) is 10.1 Å². The number of nitrogens with zero attached hydrogens (tertiary/aromatic N) is 1. The first kappa shape index (κ1) is 15.1. The van der Waals surface area contributed by atoms with Gasteiger partial charge in [-0.3, -0.25) is 4.79 Å². The highest BCUT2D eigenvalue weighted by molar-refractivity contribution is 14.1. The summed E-state index contributed by atoms with van der Waals surface area (Å²) in [6, 6.07) is 14.5. The molecule has 0 atom stereocenters. The van der Waals surface area contributed by atoms with Crippen LogP contribution in [0.25, 0.3) is 6.08 Å². The number of halogens is 1. The zero-order chi connectivity index (χ0) is 15.5. The summed E-state index contributed by atoms with van der Waals surface area (Å²) in [7, 11) is 0. The Hall–Kier alpha value is -1.80. The Kier molecular flexibility index (Phi) is 4.49. The van der Waals surface area contributed by atoms with E-state index in [1.54, 1.807) is 24.3 Å². The van der Waals surface area contributed by atoms with Crippen molar-refractivity contribution in [1.82, 2.24) is 5.32 Å². The Morgan fingerprint density at radius 2 is 1.95 bits per heavy atom. The number of carbonyl (C=O) groups is 1. The van der Waals surface area contributed by atoms with Gasteiger partial charge in [-0.25, -0.2) is 4.99 Å². The third kappa shape index (κ3) is 3.69. The molecular weight excluding hydrogens is 411 g/mol. The SMILES string of the molecule is O=C1NC(=Nc2ccc(I)cc2)S/C1=C/c1cccc(O)c1. The number of thioether (sulfide) groups is 1. The highest BCUT2D eigenvalue weighted by atomic mass is 127. The summed E-state index contributed by atoms with van der Waals surface area (Å²) < 4.78 is 1.13. The lowest BCUT2D eigenvalue weighted by atomic mass is 10.2. The van der Waals surface area contributed by atoms with Crippen LogP contribution in [0.3, 0.4) is 0 Å². The smallest absolute Gasteiger partial charge is 0.264 e. The van der Waals surface area contributed by atoms with Crippen LogP contribution in [-0.2, 0) is 4.79 Å². The second-order valence-corrected chi connectivity index (χ2v) is 6.83. The highest BCUT2D eigenvalue weighted by Gasteiger charge is 2.23. The molecule has 4 nitrogen and oxygen atoms in total. The maximum absolute atomic E-state index is 12.0. The molecule has 1 amide bonds. The fraction of sp³-hybridized carbons (Fsp3) is 0. The number of phenols is 1. The zero-order valence-electron chi connectivity index (χ0n) is 11.3. The average molecular weight is 422 g/mol. The van der Waals surface area contributed by atoms with Gasteiger partial charge in [0.2, 0.25) is 0 Å². The van der Waals surface area contributed by atoms with Crippen LogP contribution in [0.4, 0.5) is 5.69 Å². The molecular formula is C16H11IN2O2S. The van der Waals surface area contributed by atoms with E-state index in [1.165, 1.54) is 11.8 Å². The molecule has 0 unspecified atom stereocenters. The monoisotopic (exact) mass is 422 g/mol. The van der Waals surface area contributed by atoms with Gasteiger partial charge in [-0.15, -0.1) is 0 Å². The number of phenolic OH excluding ortho intramolecular Hbond substituents is 1. The summed E-state index contributed by atoms with van der Waals surface area (Å²) >= 11 is 3.52. The molecule has 0 bridgehead atoms. The second kappa shape index (κ2) is 6.53. The molecule has 2 aromatic carbocycles. The molecule has 6 heteroatoms. The molecule has 1 aliphatic rings. The lowest BCUT2D eigenvalue weighted by Crippen LogP contribution is -2.19. The third-order valence-corrected chi connectivity index (χ3v) is 4.51. The Balaban J connectivity index is 1.82. The van der Waals surface area contributed by atoms with E-state index in [0.717, 1.165) is 14.8 Å². The molecule has 0 aromatic heterocycles. The summed E-state index contributed by atoms with van der Waals surface area (Å²) in [6.45, 7) is 0. The molecule has 1 saturated heterocycles. The first-order valence-electron chi connectivity index (χ1n) is 6.44. The fourth-order valence-electron chi connectivity index (χ4n) is 1.88. The number of amides is 1. The van der Waals surface area contributed by atoms with Crippen molar-refractivity contribution >= 4 is 57.2 Å². The van der Waals surface area contributed by atoms with Crippen LogP contribution in [0, 0.1) is 3.57 Å². The predicted molar refractivity (Wildman–Crippen MR) is 98.1 cm³/mol. The average Bonchev–Trinajstić information content (AvgIpc) is 2.81. The van der Waals surface area contributed by atoms with E-state index in [9.17, 15) is 9.90 Å². The largest absolute Gasteiger partial charge is 0.508 e. The number of amidine groups is 1. The van der Waals surface area contributed by atoms with Gasteiger partial charge in [-0.05, 0) is 82.4 Å². The first-order chi connectivity index (χ1) is 10.6. The number of hydrogen-bond donors (Lipinski definition) is 2. The van der Waals surface area contributed by atoms with Gasteiger partial charge >= 0.3 is 0 Å². The minimum atomic E-state index is -0.183. The molecule has 1 fully saturated rings. The van der Waals surface area contributed by atoms with Crippen molar-refractivity contribution in [2.24, 2.45) is 4.99 Å². The Bertz CT molecular complexity index is 785. The van der Waals surface area contributed by atoms with Crippen LogP contribution in [0.5, 0.6) is 5.75 Å². The van der Waals surface area contributed by atoms with Crippen molar-refractivity contribution in [3.8, 4) is 5.75 Å². The van der Waals surface area contributed by atoms with E-state index in [1.807, 2.05) is 30.3 Å². The van der Waals surface area contributed by atoms with Crippen LogP contribution in [0.15, 0.2) is 58.4 Å². The number of aromatic hydroxyl groups is 1. The second-order valence-electron chi connectivity index (χ2n) is 4.55. The normalized spacial score (nSPS) is 18.0. The van der Waals surface area contributed by atoms with Crippen molar-refractivity contribution in [2.45, 2.75) is 0 Å². The molecule has 0 aliphatic carbocycles. The van der Waals surface area contributed by atoms with Crippen molar-refractivity contribution in [3.63, 3.8) is 0 Å².